The summed E-state index contributed by atoms with van der Waals surface area (Å²) in [6.45, 7) is 1.75. The highest BCUT2D eigenvalue weighted by molar-refractivity contribution is 9.11. The fourth-order valence-corrected chi connectivity index (χ4v) is 4.50. The monoisotopic (exact) mass is 380 g/mol. The van der Waals surface area contributed by atoms with E-state index in [1.54, 1.807) is 13.0 Å². The lowest BCUT2D eigenvalue weighted by Gasteiger charge is -2.05. The molecule has 0 bridgehead atoms. The van der Waals surface area contributed by atoms with Crippen LogP contribution in [0.2, 0.25) is 0 Å². The molecule has 0 saturated carbocycles. The van der Waals surface area contributed by atoms with Gasteiger partial charge in [-0.15, -0.1) is 11.3 Å². The third-order valence-corrected chi connectivity index (χ3v) is 5.83. The summed E-state index contributed by atoms with van der Waals surface area (Å²) in [6, 6.07) is 4.62. The first-order valence-corrected chi connectivity index (χ1v) is 9.24. The van der Waals surface area contributed by atoms with Crippen LogP contribution in [0.15, 0.2) is 31.4 Å². The highest BCUT2D eigenvalue weighted by atomic mass is 79.9. The van der Waals surface area contributed by atoms with Crippen LogP contribution >= 0.6 is 39.0 Å². The number of rotatable bonds is 4. The number of hydrogen-bond donors (Lipinski definition) is 0. The average molecular weight is 381 g/mol. The fourth-order valence-electron chi connectivity index (χ4n) is 1.23. The van der Waals surface area contributed by atoms with Crippen molar-refractivity contribution in [1.29, 1.82) is 0 Å². The Morgan fingerprint density at radius 3 is 2.68 bits per heavy atom. The van der Waals surface area contributed by atoms with E-state index < -0.39 is 10.1 Å². The Hall–Kier alpha value is -0.640. The molecule has 5 nitrogen and oxygen atoms in total. The number of thioether (sulfide) groups is 1. The third kappa shape index (κ3) is 3.68. The molecule has 0 saturated heterocycles. The Kier molecular flexibility index (Phi) is 4.49. The van der Waals surface area contributed by atoms with Gasteiger partial charge in [-0.25, -0.2) is 4.98 Å². The normalized spacial score (nSPS) is 11.5. The van der Waals surface area contributed by atoms with E-state index >= 15 is 0 Å². The van der Waals surface area contributed by atoms with Crippen LogP contribution in [0.4, 0.5) is 0 Å². The van der Waals surface area contributed by atoms with Gasteiger partial charge < -0.3 is 4.18 Å². The van der Waals surface area contributed by atoms with Gasteiger partial charge in [0.1, 0.15) is 0 Å². The second kappa shape index (κ2) is 5.78. The number of thiophene rings is 1. The van der Waals surface area contributed by atoms with Gasteiger partial charge in [0.15, 0.2) is 9.37 Å². The van der Waals surface area contributed by atoms with Crippen molar-refractivity contribution in [2.45, 2.75) is 16.3 Å². The number of nitrogens with zero attached hydrogens (tertiary/aromatic N) is 2. The largest absolute Gasteiger partial charge is 0.357 e. The molecule has 2 rings (SSSR count). The highest BCUT2D eigenvalue weighted by Crippen LogP contribution is 2.28. The topological polar surface area (TPSA) is 69.2 Å². The van der Waals surface area contributed by atoms with E-state index in [1.807, 2.05) is 6.26 Å². The molecule has 0 aromatic carbocycles. The summed E-state index contributed by atoms with van der Waals surface area (Å²) >= 11 is 5.62. The maximum Gasteiger partial charge on any atom is 0.350 e. The van der Waals surface area contributed by atoms with Gasteiger partial charge in [0, 0.05) is 11.8 Å². The van der Waals surface area contributed by atoms with Gasteiger partial charge in [0.2, 0.25) is 5.88 Å². The SMILES string of the molecule is CSc1nc(C)cc(OS(=O)(=O)c2ccc(Br)s2)n1. The van der Waals surface area contributed by atoms with Crippen LogP contribution in [0.5, 0.6) is 5.88 Å². The summed E-state index contributed by atoms with van der Waals surface area (Å²) in [6.07, 6.45) is 1.81. The zero-order valence-corrected chi connectivity index (χ0v) is 14.0. The molecule has 9 heteroatoms. The summed E-state index contributed by atoms with van der Waals surface area (Å²) in [4.78, 5) is 8.14. The Morgan fingerprint density at radius 2 is 2.11 bits per heavy atom. The van der Waals surface area contributed by atoms with Crippen LogP contribution in [0.25, 0.3) is 0 Å². The molecule has 2 aromatic rings. The molecule has 0 aliphatic heterocycles. The predicted octanol–water partition coefficient (Wildman–Crippen LogP) is 3.10. The lowest BCUT2D eigenvalue weighted by Crippen LogP contribution is -2.09. The van der Waals surface area contributed by atoms with Gasteiger partial charge in [-0.3, -0.25) is 0 Å². The average Bonchev–Trinajstić information content (AvgIpc) is 2.75. The molecule has 0 N–H and O–H groups in total. The van der Waals surface area contributed by atoms with Gasteiger partial charge in [-0.05, 0) is 41.2 Å². The first kappa shape index (κ1) is 14.8. The lowest BCUT2D eigenvalue weighted by molar-refractivity contribution is 0.473. The van der Waals surface area contributed by atoms with Gasteiger partial charge in [0.05, 0.1) is 3.79 Å². The molecule has 0 radical (unpaired) electrons. The van der Waals surface area contributed by atoms with Crippen molar-refractivity contribution in [3.05, 3.63) is 27.7 Å². The first-order valence-electron chi connectivity index (χ1n) is 5.00. The van der Waals surface area contributed by atoms with Gasteiger partial charge in [-0.1, -0.05) is 11.8 Å². The van der Waals surface area contributed by atoms with Crippen LogP contribution in [0.3, 0.4) is 0 Å². The van der Waals surface area contributed by atoms with E-state index in [1.165, 1.54) is 23.9 Å². The molecular weight excluding hydrogens is 372 g/mol. The van der Waals surface area contributed by atoms with Crippen LogP contribution in [0, 0.1) is 6.92 Å². The molecule has 0 aliphatic carbocycles. The number of halogens is 1. The van der Waals surface area contributed by atoms with E-state index in [0.717, 1.165) is 15.1 Å². The predicted molar refractivity (Wildman–Crippen MR) is 78.4 cm³/mol. The van der Waals surface area contributed by atoms with Crippen molar-refractivity contribution < 1.29 is 12.6 Å². The maximum atomic E-state index is 12.0. The van der Waals surface area contributed by atoms with Gasteiger partial charge in [-0.2, -0.15) is 13.4 Å². The van der Waals surface area contributed by atoms with E-state index in [-0.39, 0.29) is 10.1 Å². The molecule has 2 aromatic heterocycles. The summed E-state index contributed by atoms with van der Waals surface area (Å²) in [7, 11) is -3.85. The summed E-state index contributed by atoms with van der Waals surface area (Å²) in [5.41, 5.74) is 0.650. The van der Waals surface area contributed by atoms with Crippen LogP contribution in [0.1, 0.15) is 5.69 Å². The van der Waals surface area contributed by atoms with Crippen LogP contribution in [-0.2, 0) is 10.1 Å². The zero-order valence-electron chi connectivity index (χ0n) is 9.95. The standard InChI is InChI=1S/C10H9BrN2O3S3/c1-6-5-8(13-10(12-6)17-2)16-19(14,15)9-4-3-7(11)18-9/h3-5H,1-2H3. The van der Waals surface area contributed by atoms with E-state index in [9.17, 15) is 8.42 Å². The van der Waals surface area contributed by atoms with Crippen molar-refractivity contribution in [3.63, 3.8) is 0 Å². The van der Waals surface area contributed by atoms with Crippen molar-refractivity contribution in [2.75, 3.05) is 6.26 Å². The van der Waals surface area contributed by atoms with Crippen molar-refractivity contribution in [3.8, 4) is 5.88 Å². The number of hydrogen-bond acceptors (Lipinski definition) is 7. The molecule has 0 atom stereocenters. The number of aromatic nitrogens is 2. The molecule has 0 unspecified atom stereocenters. The second-order valence-electron chi connectivity index (χ2n) is 3.43. The third-order valence-electron chi connectivity index (χ3n) is 1.98. The van der Waals surface area contributed by atoms with Crippen molar-refractivity contribution in [2.24, 2.45) is 0 Å². The molecule has 0 aliphatic rings. The fraction of sp³-hybridized carbons (Fsp3) is 0.200. The minimum absolute atomic E-state index is 0.0290. The highest BCUT2D eigenvalue weighted by Gasteiger charge is 2.20. The van der Waals surface area contributed by atoms with Crippen molar-refractivity contribution in [1.82, 2.24) is 9.97 Å². The Bertz CT molecular complexity index is 700. The van der Waals surface area contributed by atoms with E-state index in [2.05, 4.69) is 25.9 Å². The van der Waals surface area contributed by atoms with E-state index in [4.69, 9.17) is 4.18 Å². The molecule has 0 fully saturated rings. The maximum absolute atomic E-state index is 12.0. The minimum atomic E-state index is -3.85. The first-order chi connectivity index (χ1) is 8.90. The van der Waals surface area contributed by atoms with E-state index in [0.29, 0.717) is 10.9 Å². The molecule has 0 amide bonds. The molecule has 0 spiro atoms. The summed E-state index contributed by atoms with van der Waals surface area (Å²) in [5.74, 6) is 0.0290. The Morgan fingerprint density at radius 1 is 1.37 bits per heavy atom. The van der Waals surface area contributed by atoms with Crippen LogP contribution < -0.4 is 4.18 Å². The molecule has 19 heavy (non-hydrogen) atoms. The lowest BCUT2D eigenvalue weighted by atomic mass is 10.4. The Balaban J connectivity index is 2.32. The Labute approximate surface area is 127 Å². The van der Waals surface area contributed by atoms with Gasteiger partial charge in [0.25, 0.3) is 0 Å². The zero-order chi connectivity index (χ0) is 14.0. The molecular formula is C10H9BrN2O3S3. The van der Waals surface area contributed by atoms with Crippen molar-refractivity contribution >= 4 is 49.1 Å². The molecule has 102 valence electrons. The summed E-state index contributed by atoms with van der Waals surface area (Å²) < 4.78 is 29.9. The minimum Gasteiger partial charge on any atom is -0.357 e. The van der Waals surface area contributed by atoms with Gasteiger partial charge >= 0.3 is 10.1 Å². The number of aryl methyl sites for hydroxylation is 1. The van der Waals surface area contributed by atoms with Crippen LogP contribution in [-0.4, -0.2) is 24.6 Å². The second-order valence-corrected chi connectivity index (χ2v) is 8.44. The summed E-state index contributed by atoms with van der Waals surface area (Å²) in [5, 5.41) is 0.470. The quantitative estimate of drug-likeness (QED) is 0.461. The molecule has 2 heterocycles. The smallest absolute Gasteiger partial charge is 0.350 e.